The molecule has 3 aromatic rings. The maximum atomic E-state index is 13.1. The summed E-state index contributed by atoms with van der Waals surface area (Å²) in [6, 6.07) is 7.46. The minimum absolute atomic E-state index is 0.0355. The van der Waals surface area contributed by atoms with E-state index in [1.54, 1.807) is 30.9 Å². The Hall–Kier alpha value is -2.80. The van der Waals surface area contributed by atoms with Crippen molar-refractivity contribution >= 4 is 10.9 Å². The number of furan rings is 1. The van der Waals surface area contributed by atoms with E-state index in [4.69, 9.17) is 18.9 Å². The first-order chi connectivity index (χ1) is 13.1. The van der Waals surface area contributed by atoms with Crippen LogP contribution in [0.2, 0.25) is 0 Å². The van der Waals surface area contributed by atoms with Crippen molar-refractivity contribution in [2.75, 3.05) is 27.3 Å². The quantitative estimate of drug-likeness (QED) is 0.703. The summed E-state index contributed by atoms with van der Waals surface area (Å²) in [7, 11) is 3.14. The third kappa shape index (κ3) is 3.30. The van der Waals surface area contributed by atoms with Crippen molar-refractivity contribution in [2.24, 2.45) is 0 Å². The molecule has 0 saturated heterocycles. The van der Waals surface area contributed by atoms with E-state index in [1.165, 1.54) is 0 Å². The van der Waals surface area contributed by atoms with Crippen LogP contribution in [0.3, 0.4) is 0 Å². The van der Waals surface area contributed by atoms with E-state index < -0.39 is 0 Å². The molecule has 0 saturated carbocycles. The van der Waals surface area contributed by atoms with Crippen molar-refractivity contribution in [3.8, 4) is 11.5 Å². The smallest absolute Gasteiger partial charge is 0.261 e. The monoisotopic (exact) mass is 369 g/mol. The number of ether oxygens (including phenoxy) is 2. The molecular formula is C20H23N3O4. The summed E-state index contributed by atoms with van der Waals surface area (Å²) in [5, 5.41) is 0.548. The minimum Gasteiger partial charge on any atom is -0.493 e. The number of aromatic nitrogens is 2. The van der Waals surface area contributed by atoms with Crippen LogP contribution in [0.15, 0.2) is 33.5 Å². The van der Waals surface area contributed by atoms with Crippen molar-refractivity contribution in [3.05, 3.63) is 52.0 Å². The Balaban J connectivity index is 1.67. The number of fused-ring (bicyclic) bond motifs is 2. The number of aryl methyl sites for hydroxylation is 1. The van der Waals surface area contributed by atoms with Gasteiger partial charge < -0.3 is 13.9 Å². The predicted octanol–water partition coefficient (Wildman–Crippen LogP) is 2.37. The second-order valence-electron chi connectivity index (χ2n) is 6.75. The molecule has 0 aliphatic carbocycles. The summed E-state index contributed by atoms with van der Waals surface area (Å²) in [5.41, 5.74) is 0.602. The number of nitrogens with zero attached hydrogens (tertiary/aromatic N) is 3. The average Bonchev–Trinajstić information content (AvgIpc) is 2.97. The highest BCUT2D eigenvalue weighted by Crippen LogP contribution is 2.30. The highest BCUT2D eigenvalue weighted by atomic mass is 16.5. The molecule has 0 fully saturated rings. The van der Waals surface area contributed by atoms with Crippen LogP contribution in [0, 0.1) is 6.92 Å². The van der Waals surface area contributed by atoms with E-state index in [-0.39, 0.29) is 5.56 Å². The van der Waals surface area contributed by atoms with Gasteiger partial charge in [-0.3, -0.25) is 14.3 Å². The number of benzene rings is 1. The van der Waals surface area contributed by atoms with Crippen LogP contribution in [-0.4, -0.2) is 41.8 Å². The molecule has 0 atom stereocenters. The molecule has 1 aliphatic heterocycles. The van der Waals surface area contributed by atoms with Crippen molar-refractivity contribution < 1.29 is 13.9 Å². The Morgan fingerprint density at radius 3 is 2.59 bits per heavy atom. The van der Waals surface area contributed by atoms with E-state index >= 15 is 0 Å². The zero-order chi connectivity index (χ0) is 19.0. The Bertz CT molecular complexity index is 1040. The molecule has 2 aromatic heterocycles. The highest BCUT2D eigenvalue weighted by Gasteiger charge is 2.20. The highest BCUT2D eigenvalue weighted by molar-refractivity contribution is 5.82. The molecule has 7 heteroatoms. The van der Waals surface area contributed by atoms with Crippen LogP contribution >= 0.6 is 0 Å². The fourth-order valence-electron chi connectivity index (χ4n) is 3.58. The van der Waals surface area contributed by atoms with Gasteiger partial charge in [0.15, 0.2) is 11.5 Å². The largest absolute Gasteiger partial charge is 0.493 e. The minimum atomic E-state index is -0.0355. The number of rotatable bonds is 4. The normalized spacial score (nSPS) is 14.8. The Labute approximate surface area is 157 Å². The van der Waals surface area contributed by atoms with E-state index in [0.717, 1.165) is 37.0 Å². The van der Waals surface area contributed by atoms with E-state index in [9.17, 15) is 4.79 Å². The van der Waals surface area contributed by atoms with Crippen molar-refractivity contribution in [1.82, 2.24) is 14.5 Å². The topological polar surface area (TPSA) is 69.7 Å². The Morgan fingerprint density at radius 1 is 1.11 bits per heavy atom. The van der Waals surface area contributed by atoms with Gasteiger partial charge in [-0.25, -0.2) is 4.98 Å². The molecule has 0 spiro atoms. The van der Waals surface area contributed by atoms with Crippen LogP contribution in [0.4, 0.5) is 0 Å². The fraction of sp³-hybridized carbons (Fsp3) is 0.400. The summed E-state index contributed by atoms with van der Waals surface area (Å²) < 4.78 is 18.1. The van der Waals surface area contributed by atoms with Crippen molar-refractivity contribution in [3.63, 3.8) is 0 Å². The summed E-state index contributed by atoms with van der Waals surface area (Å²) >= 11 is 0. The predicted molar refractivity (Wildman–Crippen MR) is 102 cm³/mol. The maximum absolute atomic E-state index is 13.1. The molecule has 142 valence electrons. The molecule has 7 nitrogen and oxygen atoms in total. The molecule has 3 heterocycles. The molecule has 27 heavy (non-hydrogen) atoms. The lowest BCUT2D eigenvalue weighted by Gasteiger charge is -2.17. The van der Waals surface area contributed by atoms with Gasteiger partial charge >= 0.3 is 0 Å². The summed E-state index contributed by atoms with van der Waals surface area (Å²) in [6.45, 7) is 4.88. The lowest BCUT2D eigenvalue weighted by molar-refractivity contribution is 0.247. The van der Waals surface area contributed by atoms with Crippen LogP contribution in [0.1, 0.15) is 17.3 Å². The summed E-state index contributed by atoms with van der Waals surface area (Å²) in [4.78, 5) is 20.1. The zero-order valence-electron chi connectivity index (χ0n) is 15.8. The first kappa shape index (κ1) is 17.6. The molecule has 1 aromatic carbocycles. The van der Waals surface area contributed by atoms with Crippen LogP contribution in [-0.2, 0) is 19.5 Å². The van der Waals surface area contributed by atoms with Gasteiger partial charge in [0, 0.05) is 32.1 Å². The zero-order valence-corrected chi connectivity index (χ0v) is 15.8. The number of hydrogen-bond acceptors (Lipinski definition) is 6. The van der Waals surface area contributed by atoms with Crippen molar-refractivity contribution in [1.29, 1.82) is 0 Å². The van der Waals surface area contributed by atoms with Gasteiger partial charge in [0.05, 0.1) is 31.7 Å². The fourth-order valence-corrected chi connectivity index (χ4v) is 3.58. The first-order valence-corrected chi connectivity index (χ1v) is 9.02. The van der Waals surface area contributed by atoms with Crippen LogP contribution in [0.25, 0.3) is 10.9 Å². The molecule has 0 bridgehead atoms. The third-order valence-corrected chi connectivity index (χ3v) is 5.01. The van der Waals surface area contributed by atoms with Gasteiger partial charge in [-0.2, -0.15) is 0 Å². The SMILES string of the molecule is COc1cc2nc3n(c(=O)c2cc1OC)CCN(Cc1ccc(C)o1)CC3. The molecule has 0 N–H and O–H groups in total. The lowest BCUT2D eigenvalue weighted by Crippen LogP contribution is -2.28. The van der Waals surface area contributed by atoms with Gasteiger partial charge in [0.2, 0.25) is 0 Å². The van der Waals surface area contributed by atoms with Gasteiger partial charge in [-0.1, -0.05) is 0 Å². The summed E-state index contributed by atoms with van der Waals surface area (Å²) in [5.74, 6) is 3.77. The van der Waals surface area contributed by atoms with E-state index in [0.29, 0.717) is 35.4 Å². The Kier molecular flexibility index (Phi) is 4.61. The number of methoxy groups -OCH3 is 2. The van der Waals surface area contributed by atoms with Crippen molar-refractivity contribution in [2.45, 2.75) is 26.4 Å². The molecular weight excluding hydrogens is 346 g/mol. The van der Waals surface area contributed by atoms with Gasteiger partial charge in [0.1, 0.15) is 17.3 Å². The molecule has 0 unspecified atom stereocenters. The molecule has 4 rings (SSSR count). The second kappa shape index (κ2) is 7.08. The lowest BCUT2D eigenvalue weighted by atomic mass is 10.2. The van der Waals surface area contributed by atoms with E-state index in [2.05, 4.69) is 4.90 Å². The Morgan fingerprint density at radius 2 is 1.89 bits per heavy atom. The average molecular weight is 369 g/mol. The molecule has 0 radical (unpaired) electrons. The summed E-state index contributed by atoms with van der Waals surface area (Å²) in [6.07, 6.45) is 0.708. The van der Waals surface area contributed by atoms with Gasteiger partial charge in [-0.05, 0) is 25.1 Å². The molecule has 0 amide bonds. The molecule has 1 aliphatic rings. The van der Waals surface area contributed by atoms with E-state index in [1.807, 2.05) is 19.1 Å². The second-order valence-corrected chi connectivity index (χ2v) is 6.75. The van der Waals surface area contributed by atoms with Crippen LogP contribution < -0.4 is 15.0 Å². The standard InChI is InChI=1S/C20H23N3O4/c1-13-4-5-14(27-13)12-22-7-6-19-21-16-11-18(26-3)17(25-2)10-15(16)20(24)23(19)9-8-22/h4-5,10-11H,6-9,12H2,1-3H3. The van der Waals surface area contributed by atoms with Crippen LogP contribution in [0.5, 0.6) is 11.5 Å². The van der Waals surface area contributed by atoms with Gasteiger partial charge in [0.25, 0.3) is 5.56 Å². The maximum Gasteiger partial charge on any atom is 0.261 e. The number of hydrogen-bond donors (Lipinski definition) is 0. The third-order valence-electron chi connectivity index (χ3n) is 5.01. The van der Waals surface area contributed by atoms with Gasteiger partial charge in [-0.15, -0.1) is 0 Å². The first-order valence-electron chi connectivity index (χ1n) is 9.02.